The van der Waals surface area contributed by atoms with E-state index >= 15 is 0 Å². The van der Waals surface area contributed by atoms with Gasteiger partial charge in [0.05, 0.1) is 5.54 Å². The quantitative estimate of drug-likeness (QED) is 0.295. The zero-order chi connectivity index (χ0) is 23.6. The van der Waals surface area contributed by atoms with E-state index in [1.165, 1.54) is 22.3 Å². The van der Waals surface area contributed by atoms with E-state index in [4.69, 9.17) is 4.74 Å². The number of ether oxygens (including phenoxy) is 1. The molecule has 1 fully saturated rings. The Balaban J connectivity index is 1.84. The van der Waals surface area contributed by atoms with E-state index in [0.717, 1.165) is 50.7 Å². The highest BCUT2D eigenvalue weighted by molar-refractivity contribution is 5.77. The van der Waals surface area contributed by atoms with Crippen LogP contribution in [-0.4, -0.2) is 24.5 Å². The molecular formula is C29H43NO2. The van der Waals surface area contributed by atoms with Gasteiger partial charge in [-0.05, 0) is 96.4 Å². The molecule has 0 spiro atoms. The van der Waals surface area contributed by atoms with Crippen molar-refractivity contribution in [2.45, 2.75) is 91.5 Å². The molecule has 0 radical (unpaired) electrons. The fourth-order valence-electron chi connectivity index (χ4n) is 4.05. The Morgan fingerprint density at radius 1 is 1.00 bits per heavy atom. The normalized spacial score (nSPS) is 15.3. The van der Waals surface area contributed by atoms with Gasteiger partial charge in [0.15, 0.2) is 0 Å². The molecule has 0 atom stereocenters. The minimum Gasteiger partial charge on any atom is -0.490 e. The molecule has 3 nitrogen and oxygen atoms in total. The lowest BCUT2D eigenvalue weighted by molar-refractivity contribution is -0.133. The van der Waals surface area contributed by atoms with Crippen LogP contribution in [0.4, 0.5) is 0 Å². The molecule has 1 aromatic rings. The average Bonchev–Trinajstić information content (AvgIpc) is 3.55. The Hall–Kier alpha value is -2.29. The maximum Gasteiger partial charge on any atom is 0.223 e. The van der Waals surface area contributed by atoms with E-state index in [1.807, 2.05) is 24.1 Å². The first-order chi connectivity index (χ1) is 15.3. The van der Waals surface area contributed by atoms with Crippen LogP contribution >= 0.6 is 0 Å². The van der Waals surface area contributed by atoms with E-state index in [2.05, 4.69) is 65.0 Å². The van der Waals surface area contributed by atoms with Gasteiger partial charge in [-0.25, -0.2) is 0 Å². The van der Waals surface area contributed by atoms with Gasteiger partial charge in [0.1, 0.15) is 12.4 Å². The molecule has 176 valence electrons. The van der Waals surface area contributed by atoms with Gasteiger partial charge in [0.2, 0.25) is 5.91 Å². The fraction of sp³-hybridized carbons (Fsp3) is 0.552. The summed E-state index contributed by atoms with van der Waals surface area (Å²) in [5.74, 6) is 1.11. The Kier molecular flexibility index (Phi) is 10.3. The molecule has 1 aliphatic carbocycles. The van der Waals surface area contributed by atoms with Crippen molar-refractivity contribution in [3.8, 4) is 5.75 Å². The molecule has 2 rings (SSSR count). The van der Waals surface area contributed by atoms with Crippen molar-refractivity contribution < 1.29 is 9.53 Å². The van der Waals surface area contributed by atoms with E-state index in [-0.39, 0.29) is 11.4 Å². The summed E-state index contributed by atoms with van der Waals surface area (Å²) in [6.45, 7) is 11.4. The number of carbonyl (C=O) groups excluding carboxylic acids is 1. The van der Waals surface area contributed by atoms with Gasteiger partial charge in [0.25, 0.3) is 0 Å². The van der Waals surface area contributed by atoms with Gasteiger partial charge in [-0.15, -0.1) is 0 Å². The molecule has 0 heterocycles. The zero-order valence-electron chi connectivity index (χ0n) is 21.2. The van der Waals surface area contributed by atoms with Gasteiger partial charge < -0.3 is 9.64 Å². The first kappa shape index (κ1) is 26.0. The van der Waals surface area contributed by atoms with Gasteiger partial charge >= 0.3 is 0 Å². The standard InChI is InChI=1S/C29H43NO2/c1-7-11-28(31)30(6)29(19-20-29)26-16-10-17-27(22-26)32-21-18-25(5)15-9-14-24(4)13-8-12-23(2)3/h10,12,14,16-18,22H,7-9,11,13,15,19-21H2,1-6H3. The summed E-state index contributed by atoms with van der Waals surface area (Å²) < 4.78 is 6.03. The summed E-state index contributed by atoms with van der Waals surface area (Å²) in [6, 6.07) is 8.30. The van der Waals surface area contributed by atoms with Crippen LogP contribution in [0.5, 0.6) is 5.75 Å². The van der Waals surface area contributed by atoms with Gasteiger partial charge in [0, 0.05) is 13.5 Å². The van der Waals surface area contributed by atoms with E-state index in [9.17, 15) is 4.79 Å². The molecule has 1 aromatic carbocycles. The predicted octanol–water partition coefficient (Wildman–Crippen LogP) is 7.73. The lowest BCUT2D eigenvalue weighted by Gasteiger charge is -2.29. The minimum absolute atomic E-state index is 0.132. The molecular weight excluding hydrogens is 394 g/mol. The summed E-state index contributed by atoms with van der Waals surface area (Å²) in [5, 5.41) is 0. The zero-order valence-corrected chi connectivity index (χ0v) is 21.2. The molecule has 1 saturated carbocycles. The summed E-state index contributed by atoms with van der Waals surface area (Å²) in [7, 11) is 1.95. The summed E-state index contributed by atoms with van der Waals surface area (Å²) in [5.41, 5.74) is 5.29. The lowest BCUT2D eigenvalue weighted by Crippen LogP contribution is -2.36. The molecule has 0 aromatic heterocycles. The SMILES string of the molecule is CCCC(=O)N(C)C1(c2cccc(OCC=C(C)CCC=C(C)CCC=C(C)C)c2)CC1. The fourth-order valence-corrected chi connectivity index (χ4v) is 4.05. The molecule has 32 heavy (non-hydrogen) atoms. The van der Waals surface area contributed by atoms with E-state index < -0.39 is 0 Å². The van der Waals surface area contributed by atoms with Crippen LogP contribution in [0.3, 0.4) is 0 Å². The molecule has 0 bridgehead atoms. The maximum absolute atomic E-state index is 12.4. The topological polar surface area (TPSA) is 29.5 Å². The second kappa shape index (κ2) is 12.7. The highest BCUT2D eigenvalue weighted by atomic mass is 16.5. The summed E-state index contributed by atoms with van der Waals surface area (Å²) in [4.78, 5) is 14.4. The van der Waals surface area contributed by atoms with Crippen molar-refractivity contribution in [3.63, 3.8) is 0 Å². The second-order valence-electron chi connectivity index (χ2n) is 9.53. The third-order valence-corrected chi connectivity index (χ3v) is 6.38. The van der Waals surface area contributed by atoms with Crippen molar-refractivity contribution in [1.82, 2.24) is 4.90 Å². The van der Waals surface area contributed by atoms with Gasteiger partial charge in [-0.1, -0.05) is 47.9 Å². The Bertz CT molecular complexity index is 838. The van der Waals surface area contributed by atoms with E-state index in [0.29, 0.717) is 13.0 Å². The van der Waals surface area contributed by atoms with Gasteiger partial charge in [-0.2, -0.15) is 0 Å². The molecule has 0 saturated heterocycles. The van der Waals surface area contributed by atoms with Crippen molar-refractivity contribution in [2.75, 3.05) is 13.7 Å². The molecule has 1 amide bonds. The van der Waals surface area contributed by atoms with E-state index in [1.54, 1.807) is 0 Å². The first-order valence-corrected chi connectivity index (χ1v) is 12.2. The third-order valence-electron chi connectivity index (χ3n) is 6.38. The highest BCUT2D eigenvalue weighted by Crippen LogP contribution is 2.51. The largest absolute Gasteiger partial charge is 0.490 e. The number of nitrogens with zero attached hydrogens (tertiary/aromatic N) is 1. The molecule has 0 aliphatic heterocycles. The van der Waals surface area contributed by atoms with Crippen molar-refractivity contribution in [1.29, 1.82) is 0 Å². The van der Waals surface area contributed by atoms with Crippen LogP contribution in [0.1, 0.15) is 91.5 Å². The molecule has 0 unspecified atom stereocenters. The van der Waals surface area contributed by atoms with Crippen molar-refractivity contribution in [3.05, 3.63) is 64.8 Å². The van der Waals surface area contributed by atoms with Crippen LogP contribution in [0.25, 0.3) is 0 Å². The second-order valence-corrected chi connectivity index (χ2v) is 9.53. The smallest absolute Gasteiger partial charge is 0.223 e. The van der Waals surface area contributed by atoms with Crippen LogP contribution in [0.2, 0.25) is 0 Å². The maximum atomic E-state index is 12.4. The number of carbonyl (C=O) groups is 1. The number of allylic oxidation sites excluding steroid dienone is 5. The Labute approximate surface area is 196 Å². The monoisotopic (exact) mass is 437 g/mol. The van der Waals surface area contributed by atoms with Crippen LogP contribution in [0, 0.1) is 0 Å². The number of rotatable bonds is 13. The van der Waals surface area contributed by atoms with Crippen molar-refractivity contribution >= 4 is 5.91 Å². The Morgan fingerprint density at radius 2 is 1.66 bits per heavy atom. The summed E-state index contributed by atoms with van der Waals surface area (Å²) in [6.07, 6.45) is 14.9. The Morgan fingerprint density at radius 3 is 2.28 bits per heavy atom. The van der Waals surface area contributed by atoms with Crippen LogP contribution in [-0.2, 0) is 10.3 Å². The number of benzene rings is 1. The third kappa shape index (κ3) is 8.00. The molecule has 0 N–H and O–H groups in total. The van der Waals surface area contributed by atoms with Gasteiger partial charge in [-0.3, -0.25) is 4.79 Å². The van der Waals surface area contributed by atoms with Crippen LogP contribution in [0.15, 0.2) is 59.2 Å². The number of hydrogen-bond donors (Lipinski definition) is 0. The average molecular weight is 438 g/mol. The van der Waals surface area contributed by atoms with Crippen LogP contribution < -0.4 is 4.74 Å². The van der Waals surface area contributed by atoms with Crippen molar-refractivity contribution in [2.24, 2.45) is 0 Å². The minimum atomic E-state index is -0.132. The number of hydrogen-bond acceptors (Lipinski definition) is 2. The first-order valence-electron chi connectivity index (χ1n) is 12.2. The lowest BCUT2D eigenvalue weighted by atomic mass is 10.0. The number of amides is 1. The summed E-state index contributed by atoms with van der Waals surface area (Å²) >= 11 is 0. The molecule has 1 aliphatic rings. The predicted molar refractivity (Wildman–Crippen MR) is 136 cm³/mol. The highest BCUT2D eigenvalue weighted by Gasteiger charge is 2.49. The molecule has 3 heteroatoms.